The first-order valence-corrected chi connectivity index (χ1v) is 12.7. The molecule has 0 saturated carbocycles. The van der Waals surface area contributed by atoms with Gasteiger partial charge in [-0.25, -0.2) is 4.79 Å². The molecule has 0 spiro atoms. The minimum atomic E-state index is -0.697. The quantitative estimate of drug-likeness (QED) is 0.179. The van der Waals surface area contributed by atoms with Gasteiger partial charge in [-0.15, -0.1) is 0 Å². The van der Waals surface area contributed by atoms with E-state index in [0.717, 1.165) is 5.56 Å². The van der Waals surface area contributed by atoms with Gasteiger partial charge in [-0.3, -0.25) is 4.79 Å². The topological polar surface area (TPSA) is 122 Å². The number of hydrogen-bond acceptors (Lipinski definition) is 10. The summed E-state index contributed by atoms with van der Waals surface area (Å²) >= 11 is 0. The van der Waals surface area contributed by atoms with Crippen LogP contribution in [0.4, 0.5) is 0 Å². The fourth-order valence-corrected chi connectivity index (χ4v) is 4.12. The van der Waals surface area contributed by atoms with Crippen molar-refractivity contribution in [3.05, 3.63) is 47.2 Å². The van der Waals surface area contributed by atoms with Gasteiger partial charge in [0.15, 0.2) is 12.0 Å². The van der Waals surface area contributed by atoms with Gasteiger partial charge < -0.3 is 43.2 Å². The molecule has 1 aromatic carbocycles. The minimum Gasteiger partial charge on any atom is -0.465 e. The maximum atomic E-state index is 13.3. The molecule has 214 valence electrons. The number of aliphatic hydroxyl groups is 1. The highest BCUT2D eigenvalue weighted by atomic mass is 16.7. The molecule has 0 aliphatic carbocycles. The molecule has 1 heterocycles. The summed E-state index contributed by atoms with van der Waals surface area (Å²) in [6.45, 7) is 3.87. The number of esters is 1. The molecule has 0 bridgehead atoms. The predicted octanol–water partition coefficient (Wildman–Crippen LogP) is 1.94. The van der Waals surface area contributed by atoms with E-state index >= 15 is 0 Å². The van der Waals surface area contributed by atoms with Gasteiger partial charge in [-0.1, -0.05) is 12.1 Å². The van der Waals surface area contributed by atoms with E-state index in [1.165, 1.54) is 26.2 Å². The highest BCUT2D eigenvalue weighted by Gasteiger charge is 2.39. The van der Waals surface area contributed by atoms with E-state index in [2.05, 4.69) is 0 Å². The Balaban J connectivity index is 2.30. The van der Waals surface area contributed by atoms with E-state index in [0.29, 0.717) is 38.4 Å². The van der Waals surface area contributed by atoms with Crippen molar-refractivity contribution in [1.82, 2.24) is 4.90 Å². The van der Waals surface area contributed by atoms with Crippen molar-refractivity contribution in [3.63, 3.8) is 0 Å². The van der Waals surface area contributed by atoms with Gasteiger partial charge in [0.1, 0.15) is 0 Å². The molecule has 2 rings (SSSR count). The monoisotopic (exact) mass is 539 g/mol. The fourth-order valence-electron chi connectivity index (χ4n) is 4.12. The number of benzene rings is 1. The number of methoxy groups -OCH3 is 3. The summed E-state index contributed by atoms with van der Waals surface area (Å²) in [5.41, 5.74) is 1.32. The highest BCUT2D eigenvalue weighted by Crippen LogP contribution is 2.39. The summed E-state index contributed by atoms with van der Waals surface area (Å²) in [6, 6.07) is 7.08. The predicted molar refractivity (Wildman–Crippen MR) is 137 cm³/mol. The van der Waals surface area contributed by atoms with Crippen LogP contribution in [0.3, 0.4) is 0 Å². The van der Waals surface area contributed by atoms with Gasteiger partial charge >= 0.3 is 5.97 Å². The summed E-state index contributed by atoms with van der Waals surface area (Å²) in [6.07, 6.45) is 1.10. The second kappa shape index (κ2) is 17.1. The van der Waals surface area contributed by atoms with Crippen LogP contribution in [-0.4, -0.2) is 109 Å². The number of allylic oxidation sites excluding steroid dienone is 1. The number of aliphatic hydroxyl groups excluding tert-OH is 1. The number of amides is 1. The summed E-state index contributed by atoms with van der Waals surface area (Å²) in [5, 5.41) is 8.82. The van der Waals surface area contributed by atoms with E-state index in [1.54, 1.807) is 25.3 Å². The standard InChI is InChI=1S/C27H41NO10/c1-6-37-27-21(11-13-35-15-16-36-14-12-29)22(19-7-9-20(10-8-19)26(31)34-5)17-23(38-27)25(30)28(2)18-24(32-3)33-4/h7-10,17,21-22,24,27,29H,6,11-16,18H2,1-5H3/t21-,22-,27-/m1/s1. The van der Waals surface area contributed by atoms with E-state index in [4.69, 9.17) is 38.3 Å². The Kier molecular flexibility index (Phi) is 14.3. The average Bonchev–Trinajstić information content (AvgIpc) is 2.95. The van der Waals surface area contributed by atoms with Crippen LogP contribution in [-0.2, 0) is 38.0 Å². The molecule has 0 aromatic heterocycles. The number of ether oxygens (including phenoxy) is 7. The Morgan fingerprint density at radius 1 is 1.03 bits per heavy atom. The Morgan fingerprint density at radius 2 is 1.68 bits per heavy atom. The first kappa shape index (κ1) is 31.7. The minimum absolute atomic E-state index is 0.0356. The van der Waals surface area contributed by atoms with Gasteiger partial charge in [-0.05, 0) is 37.1 Å². The number of hydrogen-bond donors (Lipinski definition) is 1. The van der Waals surface area contributed by atoms with Crippen molar-refractivity contribution in [2.75, 3.05) is 74.6 Å². The number of likely N-dealkylation sites (N-methyl/N-ethyl adjacent to an activating group) is 1. The summed E-state index contributed by atoms with van der Waals surface area (Å²) in [5.74, 6) is -1.03. The molecule has 0 saturated heterocycles. The van der Waals surface area contributed by atoms with E-state index in [9.17, 15) is 9.59 Å². The molecular weight excluding hydrogens is 498 g/mol. The first-order chi connectivity index (χ1) is 18.4. The third-order valence-corrected chi connectivity index (χ3v) is 6.14. The molecule has 1 N–H and O–H groups in total. The Hall–Kier alpha value is -2.54. The maximum absolute atomic E-state index is 13.3. The van der Waals surface area contributed by atoms with Crippen LogP contribution in [0.2, 0.25) is 0 Å². The lowest BCUT2D eigenvalue weighted by Gasteiger charge is -2.38. The van der Waals surface area contributed by atoms with Crippen LogP contribution in [0.5, 0.6) is 0 Å². The third kappa shape index (κ3) is 9.33. The lowest BCUT2D eigenvalue weighted by Crippen LogP contribution is -2.42. The SMILES string of the molecule is CCO[C@@H]1OC(C(=O)N(C)CC(OC)OC)=C[C@H](c2ccc(C(=O)OC)cc2)[C@H]1CCOCCOCCO. The largest absolute Gasteiger partial charge is 0.465 e. The molecule has 1 aliphatic heterocycles. The van der Waals surface area contributed by atoms with E-state index in [1.807, 2.05) is 19.1 Å². The lowest BCUT2D eigenvalue weighted by molar-refractivity contribution is -0.174. The van der Waals surface area contributed by atoms with Crippen molar-refractivity contribution in [2.24, 2.45) is 5.92 Å². The smallest absolute Gasteiger partial charge is 0.337 e. The molecule has 1 amide bonds. The molecule has 11 heteroatoms. The van der Waals surface area contributed by atoms with Crippen LogP contribution >= 0.6 is 0 Å². The summed E-state index contributed by atoms with van der Waals surface area (Å²) in [4.78, 5) is 26.7. The zero-order valence-corrected chi connectivity index (χ0v) is 22.9. The van der Waals surface area contributed by atoms with E-state index in [-0.39, 0.29) is 43.3 Å². The Bertz CT molecular complexity index is 871. The first-order valence-electron chi connectivity index (χ1n) is 12.7. The highest BCUT2D eigenvalue weighted by molar-refractivity contribution is 5.91. The average molecular weight is 540 g/mol. The van der Waals surface area contributed by atoms with Crippen molar-refractivity contribution >= 4 is 11.9 Å². The molecule has 0 unspecified atom stereocenters. The molecule has 38 heavy (non-hydrogen) atoms. The zero-order valence-electron chi connectivity index (χ0n) is 22.9. The lowest BCUT2D eigenvalue weighted by atomic mass is 9.81. The van der Waals surface area contributed by atoms with Crippen LogP contribution in [0.25, 0.3) is 0 Å². The third-order valence-electron chi connectivity index (χ3n) is 6.14. The van der Waals surface area contributed by atoms with Crippen LogP contribution in [0, 0.1) is 5.92 Å². The molecule has 1 aromatic rings. The summed E-state index contributed by atoms with van der Waals surface area (Å²) < 4.78 is 38.3. The molecular formula is C27H41NO10. The van der Waals surface area contributed by atoms with Gasteiger partial charge in [-0.2, -0.15) is 0 Å². The Morgan fingerprint density at radius 3 is 2.26 bits per heavy atom. The number of rotatable bonds is 17. The summed E-state index contributed by atoms with van der Waals surface area (Å²) in [7, 11) is 5.99. The molecule has 0 radical (unpaired) electrons. The number of carbonyl (C=O) groups is 2. The maximum Gasteiger partial charge on any atom is 0.337 e. The molecule has 0 fully saturated rings. The van der Waals surface area contributed by atoms with Gasteiger partial charge in [0.2, 0.25) is 6.29 Å². The Labute approximate surface area is 224 Å². The van der Waals surface area contributed by atoms with Crippen molar-refractivity contribution < 1.29 is 47.9 Å². The fraction of sp³-hybridized carbons (Fsp3) is 0.630. The second-order valence-electron chi connectivity index (χ2n) is 8.60. The van der Waals surface area contributed by atoms with Crippen molar-refractivity contribution in [3.8, 4) is 0 Å². The van der Waals surface area contributed by atoms with Gasteiger partial charge in [0.25, 0.3) is 5.91 Å². The van der Waals surface area contributed by atoms with Crippen molar-refractivity contribution in [2.45, 2.75) is 31.8 Å². The number of carbonyl (C=O) groups excluding carboxylic acids is 2. The van der Waals surface area contributed by atoms with Crippen LogP contribution in [0.15, 0.2) is 36.1 Å². The molecule has 1 aliphatic rings. The van der Waals surface area contributed by atoms with Crippen LogP contribution in [0.1, 0.15) is 35.2 Å². The zero-order chi connectivity index (χ0) is 27.9. The second-order valence-corrected chi connectivity index (χ2v) is 8.60. The van der Waals surface area contributed by atoms with E-state index < -0.39 is 18.5 Å². The molecule has 3 atom stereocenters. The number of nitrogens with zero attached hydrogens (tertiary/aromatic N) is 1. The normalized spacial score (nSPS) is 19.1. The van der Waals surface area contributed by atoms with Crippen molar-refractivity contribution in [1.29, 1.82) is 0 Å². The van der Waals surface area contributed by atoms with Gasteiger partial charge in [0.05, 0.1) is 45.6 Å². The van der Waals surface area contributed by atoms with Gasteiger partial charge in [0, 0.05) is 46.3 Å². The molecule has 11 nitrogen and oxygen atoms in total. The van der Waals surface area contributed by atoms with Crippen LogP contribution < -0.4 is 0 Å².